The minimum absolute atomic E-state index is 0.760. The van der Waals surface area contributed by atoms with Gasteiger partial charge in [0, 0.05) is 0 Å². The molecule has 0 fully saturated rings. The van der Waals surface area contributed by atoms with Crippen LogP contribution in [-0.2, 0) is 0 Å². The van der Waals surface area contributed by atoms with Gasteiger partial charge in [0.05, 0.1) is 11.6 Å². The van der Waals surface area contributed by atoms with E-state index in [4.69, 9.17) is 13.6 Å². The molecule has 1 aromatic rings. The number of unbranched alkanes of at least 4 members (excludes halogenated alkanes) is 2. The monoisotopic (exact) mass is 446 g/mol. The van der Waals surface area contributed by atoms with E-state index in [0.717, 1.165) is 33.8 Å². The molecular formula is C19H35BrO3Si2. The Bertz CT molecular complexity index is 548. The fourth-order valence-electron chi connectivity index (χ4n) is 2.73. The number of rotatable bonds is 11. The average Bonchev–Trinajstić information content (AvgIpc) is 2.54. The Balaban J connectivity index is 3.19. The summed E-state index contributed by atoms with van der Waals surface area (Å²) < 4.78 is 19.7. The van der Waals surface area contributed by atoms with Crippen molar-refractivity contribution in [3.05, 3.63) is 16.6 Å². The van der Waals surface area contributed by atoms with E-state index in [1.807, 2.05) is 12.1 Å². The zero-order valence-electron chi connectivity index (χ0n) is 17.0. The highest BCUT2D eigenvalue weighted by Crippen LogP contribution is 2.45. The zero-order chi connectivity index (χ0) is 19.1. The van der Waals surface area contributed by atoms with Gasteiger partial charge < -0.3 is 13.6 Å². The summed E-state index contributed by atoms with van der Waals surface area (Å²) in [6, 6.07) is 6.22. The fourth-order valence-corrected chi connectivity index (χ4v) is 7.39. The lowest BCUT2D eigenvalue weighted by molar-refractivity contribution is 0.381. The Morgan fingerprint density at radius 1 is 0.840 bits per heavy atom. The second kappa shape index (κ2) is 10.0. The lowest BCUT2D eigenvalue weighted by Gasteiger charge is -2.31. The van der Waals surface area contributed by atoms with Crippen LogP contribution in [0, 0.1) is 0 Å². The molecule has 0 aliphatic rings. The van der Waals surface area contributed by atoms with E-state index in [1.165, 1.54) is 25.7 Å². The predicted molar refractivity (Wildman–Crippen MR) is 116 cm³/mol. The Kier molecular flexibility index (Phi) is 9.05. The van der Waals surface area contributed by atoms with Crippen LogP contribution in [0.5, 0.6) is 17.2 Å². The number of hydrogen-bond acceptors (Lipinski definition) is 3. The van der Waals surface area contributed by atoms with Gasteiger partial charge in [-0.05, 0) is 66.3 Å². The summed E-state index contributed by atoms with van der Waals surface area (Å²) in [7, 11) is -1.95. The summed E-state index contributed by atoms with van der Waals surface area (Å²) in [6.45, 7) is 13.5. The maximum atomic E-state index is 6.57. The van der Waals surface area contributed by atoms with Crippen LogP contribution in [0.2, 0.25) is 38.3 Å². The molecule has 0 bridgehead atoms. The highest BCUT2D eigenvalue weighted by atomic mass is 79.9. The Hall–Kier alpha value is -0.466. The molecule has 0 saturated heterocycles. The predicted octanol–water partition coefficient (Wildman–Crippen LogP) is 7.23. The molecule has 0 heterocycles. The van der Waals surface area contributed by atoms with Crippen molar-refractivity contribution in [3.8, 4) is 17.2 Å². The molecule has 25 heavy (non-hydrogen) atoms. The lowest BCUT2D eigenvalue weighted by atomic mass is 10.3. The molecule has 0 aliphatic carbocycles. The van der Waals surface area contributed by atoms with E-state index in [0.29, 0.717) is 0 Å². The first kappa shape index (κ1) is 22.6. The van der Waals surface area contributed by atoms with Gasteiger partial charge in [0.1, 0.15) is 0 Å². The SMILES string of the molecule is CCCC[Si](C)(C)Oc1c(Br)ccc(OC)c1O[Si](C)(C)CCCC. The first-order chi connectivity index (χ1) is 11.7. The Labute approximate surface area is 164 Å². The molecular weight excluding hydrogens is 412 g/mol. The topological polar surface area (TPSA) is 27.7 Å². The van der Waals surface area contributed by atoms with Gasteiger partial charge in [-0.15, -0.1) is 0 Å². The normalized spacial score (nSPS) is 12.2. The maximum absolute atomic E-state index is 6.57. The van der Waals surface area contributed by atoms with Gasteiger partial charge in [0.25, 0.3) is 0 Å². The minimum Gasteiger partial charge on any atom is -0.541 e. The quantitative estimate of drug-likeness (QED) is 0.335. The van der Waals surface area contributed by atoms with Crippen molar-refractivity contribution in [2.24, 2.45) is 0 Å². The molecule has 0 amide bonds. The Morgan fingerprint density at radius 2 is 1.32 bits per heavy atom. The molecule has 1 rings (SSSR count). The van der Waals surface area contributed by atoms with Crippen LogP contribution in [0.1, 0.15) is 39.5 Å². The minimum atomic E-state index is -1.83. The summed E-state index contributed by atoms with van der Waals surface area (Å²) in [6.07, 6.45) is 4.78. The van der Waals surface area contributed by atoms with Gasteiger partial charge in [0.15, 0.2) is 17.2 Å². The van der Waals surface area contributed by atoms with Crippen molar-refractivity contribution in [3.63, 3.8) is 0 Å². The van der Waals surface area contributed by atoms with Crippen LogP contribution < -0.4 is 13.6 Å². The molecule has 6 heteroatoms. The second-order valence-corrected chi connectivity index (χ2v) is 17.1. The van der Waals surface area contributed by atoms with E-state index in [9.17, 15) is 0 Å². The first-order valence-electron chi connectivity index (χ1n) is 9.40. The summed E-state index contributed by atoms with van der Waals surface area (Å²) in [5, 5.41) is 0. The number of benzene rings is 1. The summed E-state index contributed by atoms with van der Waals surface area (Å²) >= 11 is 3.67. The summed E-state index contributed by atoms with van der Waals surface area (Å²) in [5.41, 5.74) is 0. The number of ether oxygens (including phenoxy) is 1. The van der Waals surface area contributed by atoms with Crippen molar-refractivity contribution < 1.29 is 13.6 Å². The molecule has 0 spiro atoms. The van der Waals surface area contributed by atoms with Gasteiger partial charge in [-0.25, -0.2) is 0 Å². The van der Waals surface area contributed by atoms with Crippen molar-refractivity contribution in [2.45, 2.75) is 77.8 Å². The van der Waals surface area contributed by atoms with Gasteiger partial charge in [-0.3, -0.25) is 0 Å². The molecule has 0 N–H and O–H groups in total. The number of halogens is 1. The van der Waals surface area contributed by atoms with Crippen LogP contribution in [0.15, 0.2) is 16.6 Å². The van der Waals surface area contributed by atoms with Gasteiger partial charge in [0.2, 0.25) is 16.6 Å². The van der Waals surface area contributed by atoms with E-state index in [2.05, 4.69) is 56.0 Å². The zero-order valence-corrected chi connectivity index (χ0v) is 20.6. The largest absolute Gasteiger partial charge is 0.541 e. The molecule has 3 nitrogen and oxygen atoms in total. The Morgan fingerprint density at radius 3 is 1.76 bits per heavy atom. The third-order valence-electron chi connectivity index (χ3n) is 4.27. The van der Waals surface area contributed by atoms with E-state index in [1.54, 1.807) is 7.11 Å². The van der Waals surface area contributed by atoms with Crippen molar-refractivity contribution in [2.75, 3.05) is 7.11 Å². The van der Waals surface area contributed by atoms with Crippen molar-refractivity contribution in [1.29, 1.82) is 0 Å². The first-order valence-corrected chi connectivity index (χ1v) is 16.4. The fraction of sp³-hybridized carbons (Fsp3) is 0.684. The highest BCUT2D eigenvalue weighted by molar-refractivity contribution is 9.10. The molecule has 0 aromatic heterocycles. The van der Waals surface area contributed by atoms with Gasteiger partial charge in [-0.2, -0.15) is 0 Å². The number of methoxy groups -OCH3 is 1. The molecule has 0 radical (unpaired) electrons. The third-order valence-corrected chi connectivity index (χ3v) is 9.52. The van der Waals surface area contributed by atoms with Crippen molar-refractivity contribution in [1.82, 2.24) is 0 Å². The summed E-state index contributed by atoms with van der Waals surface area (Å²) in [5.74, 6) is 2.36. The van der Waals surface area contributed by atoms with E-state index in [-0.39, 0.29) is 0 Å². The van der Waals surface area contributed by atoms with Crippen LogP contribution in [-0.4, -0.2) is 23.7 Å². The van der Waals surface area contributed by atoms with Crippen LogP contribution >= 0.6 is 15.9 Å². The molecule has 1 aromatic carbocycles. The lowest BCUT2D eigenvalue weighted by Crippen LogP contribution is -2.36. The third kappa shape index (κ3) is 7.35. The molecule has 144 valence electrons. The highest BCUT2D eigenvalue weighted by Gasteiger charge is 2.31. The van der Waals surface area contributed by atoms with Crippen molar-refractivity contribution >= 4 is 32.6 Å². The number of hydrogen-bond donors (Lipinski definition) is 0. The average molecular weight is 448 g/mol. The van der Waals surface area contributed by atoms with Gasteiger partial charge >= 0.3 is 0 Å². The maximum Gasteiger partial charge on any atom is 0.245 e. The standard InChI is InChI=1S/C19H35BrO3Si2/c1-8-10-14-24(4,5)22-18-16(20)12-13-17(21-3)19(18)23-25(6,7)15-11-9-2/h12-13H,8-11,14-15H2,1-7H3. The molecule has 0 aliphatic heterocycles. The summed E-state index contributed by atoms with van der Waals surface area (Å²) in [4.78, 5) is 0. The molecule has 0 unspecified atom stereocenters. The molecule has 0 atom stereocenters. The van der Waals surface area contributed by atoms with Crippen LogP contribution in [0.25, 0.3) is 0 Å². The second-order valence-electron chi connectivity index (χ2n) is 7.84. The van der Waals surface area contributed by atoms with Crippen LogP contribution in [0.3, 0.4) is 0 Å². The van der Waals surface area contributed by atoms with Gasteiger partial charge in [-0.1, -0.05) is 39.5 Å². The molecule has 0 saturated carbocycles. The van der Waals surface area contributed by atoms with Crippen LogP contribution in [0.4, 0.5) is 0 Å². The van der Waals surface area contributed by atoms with E-state index >= 15 is 0 Å². The smallest absolute Gasteiger partial charge is 0.245 e. The van der Waals surface area contributed by atoms with E-state index < -0.39 is 16.6 Å².